The minimum absolute atomic E-state index is 1.03. The molecule has 0 atom stereocenters. The molecule has 1 aliphatic carbocycles. The van der Waals surface area contributed by atoms with E-state index in [1.54, 1.807) is 6.20 Å². The van der Waals surface area contributed by atoms with Crippen molar-refractivity contribution in [2.45, 2.75) is 25.7 Å². The molecule has 1 fully saturated rings. The van der Waals surface area contributed by atoms with Crippen molar-refractivity contribution in [3.8, 4) is 0 Å². The molecule has 0 amide bonds. The SMILES string of the molecule is Brc1cncc(NCCCC2CC2)c1. The maximum absolute atomic E-state index is 4.10. The molecule has 3 heteroatoms. The number of aromatic nitrogens is 1. The molecule has 2 nitrogen and oxygen atoms in total. The van der Waals surface area contributed by atoms with Crippen LogP contribution in [-0.2, 0) is 0 Å². The Morgan fingerprint density at radius 1 is 1.43 bits per heavy atom. The van der Waals surface area contributed by atoms with Crippen LogP contribution in [0.4, 0.5) is 5.69 Å². The van der Waals surface area contributed by atoms with Crippen molar-refractivity contribution in [1.82, 2.24) is 4.98 Å². The lowest BCUT2D eigenvalue weighted by Crippen LogP contribution is -2.01. The van der Waals surface area contributed by atoms with Gasteiger partial charge in [0.2, 0.25) is 0 Å². The van der Waals surface area contributed by atoms with Gasteiger partial charge in [0.05, 0.1) is 11.9 Å². The number of pyridine rings is 1. The first-order chi connectivity index (χ1) is 6.84. The van der Waals surface area contributed by atoms with Gasteiger partial charge in [0.15, 0.2) is 0 Å². The summed E-state index contributed by atoms with van der Waals surface area (Å²) in [5.41, 5.74) is 1.11. The standard InChI is InChI=1S/C11H15BrN2/c12-10-6-11(8-13-7-10)14-5-1-2-9-3-4-9/h6-9,14H,1-5H2. The third kappa shape index (κ3) is 3.29. The van der Waals surface area contributed by atoms with Gasteiger partial charge in [-0.2, -0.15) is 0 Å². The van der Waals surface area contributed by atoms with E-state index in [1.807, 2.05) is 6.20 Å². The summed E-state index contributed by atoms with van der Waals surface area (Å²) in [6, 6.07) is 2.06. The van der Waals surface area contributed by atoms with Crippen molar-refractivity contribution in [3.63, 3.8) is 0 Å². The first kappa shape index (κ1) is 9.97. The zero-order valence-corrected chi connectivity index (χ0v) is 9.76. The predicted octanol–water partition coefficient (Wildman–Crippen LogP) is 3.45. The Balaban J connectivity index is 1.68. The van der Waals surface area contributed by atoms with Gasteiger partial charge in [0.25, 0.3) is 0 Å². The van der Waals surface area contributed by atoms with Crippen LogP contribution in [0.2, 0.25) is 0 Å². The molecule has 76 valence electrons. The van der Waals surface area contributed by atoms with Crippen molar-refractivity contribution in [2.75, 3.05) is 11.9 Å². The number of halogens is 1. The second kappa shape index (κ2) is 4.78. The lowest BCUT2D eigenvalue weighted by molar-refractivity contribution is 0.687. The third-order valence-corrected chi connectivity index (χ3v) is 2.95. The van der Waals surface area contributed by atoms with E-state index >= 15 is 0 Å². The molecule has 1 aromatic heterocycles. The number of nitrogens with one attached hydrogen (secondary N) is 1. The van der Waals surface area contributed by atoms with Crippen molar-refractivity contribution < 1.29 is 0 Å². The van der Waals surface area contributed by atoms with E-state index < -0.39 is 0 Å². The normalized spacial score (nSPS) is 15.5. The van der Waals surface area contributed by atoms with E-state index in [0.717, 1.165) is 22.6 Å². The monoisotopic (exact) mass is 254 g/mol. The van der Waals surface area contributed by atoms with Crippen LogP contribution in [0.25, 0.3) is 0 Å². The highest BCUT2D eigenvalue weighted by Gasteiger charge is 2.19. The molecule has 0 saturated heterocycles. The number of nitrogens with zero attached hydrogens (tertiary/aromatic N) is 1. The molecule has 0 spiro atoms. The summed E-state index contributed by atoms with van der Waals surface area (Å²) in [7, 11) is 0. The minimum Gasteiger partial charge on any atom is -0.384 e. The Morgan fingerprint density at radius 3 is 3.00 bits per heavy atom. The molecule has 1 N–H and O–H groups in total. The van der Waals surface area contributed by atoms with Crippen molar-refractivity contribution >= 4 is 21.6 Å². The minimum atomic E-state index is 1.03. The number of rotatable bonds is 5. The van der Waals surface area contributed by atoms with Crippen molar-refractivity contribution in [3.05, 3.63) is 22.9 Å². The Hall–Kier alpha value is -0.570. The smallest absolute Gasteiger partial charge is 0.0538 e. The van der Waals surface area contributed by atoms with Crippen LogP contribution >= 0.6 is 15.9 Å². The Labute approximate surface area is 93.3 Å². The molecule has 0 aliphatic heterocycles. The molecule has 0 aromatic carbocycles. The largest absolute Gasteiger partial charge is 0.384 e. The van der Waals surface area contributed by atoms with Gasteiger partial charge >= 0.3 is 0 Å². The molecule has 0 radical (unpaired) electrons. The summed E-state index contributed by atoms with van der Waals surface area (Å²) in [6.45, 7) is 1.06. The topological polar surface area (TPSA) is 24.9 Å². The van der Waals surface area contributed by atoms with E-state index in [2.05, 4.69) is 32.3 Å². The number of hydrogen-bond acceptors (Lipinski definition) is 2. The van der Waals surface area contributed by atoms with Crippen molar-refractivity contribution in [1.29, 1.82) is 0 Å². The van der Waals surface area contributed by atoms with E-state index in [-0.39, 0.29) is 0 Å². The highest BCUT2D eigenvalue weighted by molar-refractivity contribution is 9.10. The fourth-order valence-corrected chi connectivity index (χ4v) is 1.90. The maximum Gasteiger partial charge on any atom is 0.0538 e. The fraction of sp³-hybridized carbons (Fsp3) is 0.545. The van der Waals surface area contributed by atoms with Gasteiger partial charge in [0.1, 0.15) is 0 Å². The molecule has 1 saturated carbocycles. The van der Waals surface area contributed by atoms with E-state index in [1.165, 1.54) is 25.7 Å². The second-order valence-corrected chi connectivity index (χ2v) is 4.82. The molecular weight excluding hydrogens is 240 g/mol. The molecule has 2 rings (SSSR count). The van der Waals surface area contributed by atoms with Gasteiger partial charge in [-0.1, -0.05) is 12.8 Å². The third-order valence-electron chi connectivity index (χ3n) is 2.52. The van der Waals surface area contributed by atoms with Gasteiger partial charge in [-0.25, -0.2) is 0 Å². The highest BCUT2D eigenvalue weighted by atomic mass is 79.9. The molecular formula is C11H15BrN2. The summed E-state index contributed by atoms with van der Waals surface area (Å²) < 4.78 is 1.03. The Bertz CT molecular complexity index is 297. The van der Waals surface area contributed by atoms with Gasteiger partial charge < -0.3 is 5.32 Å². The van der Waals surface area contributed by atoms with Crippen LogP contribution in [0.3, 0.4) is 0 Å². The van der Waals surface area contributed by atoms with Gasteiger partial charge in [0, 0.05) is 17.2 Å². The fourth-order valence-electron chi connectivity index (χ4n) is 1.54. The number of hydrogen-bond donors (Lipinski definition) is 1. The first-order valence-electron chi connectivity index (χ1n) is 5.19. The summed E-state index contributed by atoms with van der Waals surface area (Å²) in [5, 5.41) is 3.38. The predicted molar refractivity (Wildman–Crippen MR) is 62.4 cm³/mol. The Morgan fingerprint density at radius 2 is 2.29 bits per heavy atom. The molecule has 1 heterocycles. The maximum atomic E-state index is 4.10. The summed E-state index contributed by atoms with van der Waals surface area (Å²) in [4.78, 5) is 4.10. The van der Waals surface area contributed by atoms with Crippen molar-refractivity contribution in [2.24, 2.45) is 5.92 Å². The molecule has 0 bridgehead atoms. The zero-order valence-electron chi connectivity index (χ0n) is 8.17. The molecule has 1 aliphatic rings. The first-order valence-corrected chi connectivity index (χ1v) is 5.98. The highest BCUT2D eigenvalue weighted by Crippen LogP contribution is 2.33. The molecule has 14 heavy (non-hydrogen) atoms. The van der Waals surface area contributed by atoms with Crippen LogP contribution in [0.1, 0.15) is 25.7 Å². The average Bonchev–Trinajstić information content (AvgIpc) is 2.96. The van der Waals surface area contributed by atoms with Gasteiger partial charge in [-0.3, -0.25) is 4.98 Å². The Kier molecular flexibility index (Phi) is 3.40. The number of anilines is 1. The average molecular weight is 255 g/mol. The lowest BCUT2D eigenvalue weighted by Gasteiger charge is -2.05. The van der Waals surface area contributed by atoms with Crippen LogP contribution in [0.5, 0.6) is 0 Å². The zero-order chi connectivity index (χ0) is 9.80. The molecule has 1 aromatic rings. The lowest BCUT2D eigenvalue weighted by atomic mass is 10.2. The van der Waals surface area contributed by atoms with Crippen LogP contribution < -0.4 is 5.32 Å². The summed E-state index contributed by atoms with van der Waals surface area (Å²) in [6.07, 6.45) is 9.24. The van der Waals surface area contributed by atoms with Crippen LogP contribution in [-0.4, -0.2) is 11.5 Å². The quantitative estimate of drug-likeness (QED) is 0.815. The van der Waals surface area contributed by atoms with Crippen LogP contribution in [0.15, 0.2) is 22.9 Å². The summed E-state index contributed by atoms with van der Waals surface area (Å²) >= 11 is 3.40. The van der Waals surface area contributed by atoms with E-state index in [0.29, 0.717) is 0 Å². The van der Waals surface area contributed by atoms with Gasteiger partial charge in [-0.15, -0.1) is 0 Å². The van der Waals surface area contributed by atoms with E-state index in [4.69, 9.17) is 0 Å². The second-order valence-electron chi connectivity index (χ2n) is 3.90. The van der Waals surface area contributed by atoms with Crippen LogP contribution in [0, 0.1) is 5.92 Å². The van der Waals surface area contributed by atoms with E-state index in [9.17, 15) is 0 Å². The van der Waals surface area contributed by atoms with Gasteiger partial charge in [-0.05, 0) is 40.8 Å². The summed E-state index contributed by atoms with van der Waals surface area (Å²) in [5.74, 6) is 1.04. The molecule has 0 unspecified atom stereocenters.